The van der Waals surface area contributed by atoms with Gasteiger partial charge >= 0.3 is 12.2 Å². The molecule has 2 rings (SSSR count). The normalized spacial score (nSPS) is 19.5. The zero-order chi connectivity index (χ0) is 15.3. The van der Waals surface area contributed by atoms with Crippen molar-refractivity contribution in [1.29, 1.82) is 0 Å². The molecule has 5 nitrogen and oxygen atoms in total. The number of rotatable bonds is 5. The lowest BCUT2D eigenvalue weighted by Crippen LogP contribution is -2.24. The number of aryl methyl sites for hydroxylation is 1. The highest BCUT2D eigenvalue weighted by molar-refractivity contribution is 5.15. The first-order chi connectivity index (χ1) is 9.95. The van der Waals surface area contributed by atoms with Crippen LogP contribution in [-0.4, -0.2) is 36.1 Å². The molecule has 2 heterocycles. The monoisotopic (exact) mass is 306 g/mol. The number of alkyl halides is 3. The van der Waals surface area contributed by atoms with Crippen LogP contribution >= 0.6 is 0 Å². The minimum absolute atomic E-state index is 0.0701. The fourth-order valence-electron chi connectivity index (χ4n) is 1.91. The Hall–Kier alpha value is -1.41. The van der Waals surface area contributed by atoms with Crippen LogP contribution in [0.25, 0.3) is 0 Å². The van der Waals surface area contributed by atoms with E-state index in [9.17, 15) is 13.2 Å². The Morgan fingerprint density at radius 3 is 2.76 bits per heavy atom. The summed E-state index contributed by atoms with van der Waals surface area (Å²) in [4.78, 5) is 7.16. The molecule has 0 saturated carbocycles. The van der Waals surface area contributed by atoms with Crippen LogP contribution in [0.15, 0.2) is 6.07 Å². The third-order valence-corrected chi connectivity index (χ3v) is 2.88. The number of hydrogen-bond acceptors (Lipinski definition) is 5. The van der Waals surface area contributed by atoms with Crippen molar-refractivity contribution in [1.82, 2.24) is 9.97 Å². The van der Waals surface area contributed by atoms with Gasteiger partial charge in [0.1, 0.15) is 6.61 Å². The van der Waals surface area contributed by atoms with E-state index in [1.54, 1.807) is 0 Å². The maximum Gasteiger partial charge on any atom is 0.433 e. The van der Waals surface area contributed by atoms with E-state index >= 15 is 0 Å². The van der Waals surface area contributed by atoms with E-state index in [2.05, 4.69) is 9.97 Å². The second-order valence-corrected chi connectivity index (χ2v) is 4.69. The Morgan fingerprint density at radius 1 is 1.29 bits per heavy atom. The molecule has 0 aliphatic carbocycles. The third-order valence-electron chi connectivity index (χ3n) is 2.88. The van der Waals surface area contributed by atoms with E-state index in [-0.39, 0.29) is 31.2 Å². The molecular weight excluding hydrogens is 289 g/mol. The molecule has 1 atom stereocenters. The molecule has 21 heavy (non-hydrogen) atoms. The first-order valence-corrected chi connectivity index (χ1v) is 6.74. The Balaban J connectivity index is 1.81. The molecule has 1 aromatic heterocycles. The summed E-state index contributed by atoms with van der Waals surface area (Å²) in [6.45, 7) is 2.40. The average Bonchev–Trinajstić information content (AvgIpc) is 2.43. The predicted molar refractivity (Wildman–Crippen MR) is 66.8 cm³/mol. The van der Waals surface area contributed by atoms with E-state index < -0.39 is 11.9 Å². The molecular formula is C13H17F3N2O3. The van der Waals surface area contributed by atoms with Crippen molar-refractivity contribution in [2.45, 2.75) is 38.7 Å². The lowest BCUT2D eigenvalue weighted by molar-refractivity contribution is -0.165. The lowest BCUT2D eigenvalue weighted by atomic mass is 10.2. The molecule has 0 amide bonds. The van der Waals surface area contributed by atoms with E-state index in [0.717, 1.165) is 25.3 Å². The van der Waals surface area contributed by atoms with Crippen molar-refractivity contribution >= 4 is 0 Å². The summed E-state index contributed by atoms with van der Waals surface area (Å²) in [7, 11) is 0. The molecule has 0 N–H and O–H groups in total. The topological polar surface area (TPSA) is 53.5 Å². The SMILES string of the molecule is Cc1cc(C(F)(F)F)nc(OCCOC2CCCCO2)n1. The molecule has 1 aliphatic rings. The smallest absolute Gasteiger partial charge is 0.433 e. The van der Waals surface area contributed by atoms with Gasteiger partial charge in [0.2, 0.25) is 0 Å². The first-order valence-electron chi connectivity index (χ1n) is 6.74. The molecule has 1 aromatic rings. The average molecular weight is 306 g/mol. The summed E-state index contributed by atoms with van der Waals surface area (Å²) in [5.41, 5.74) is -0.814. The predicted octanol–water partition coefficient (Wildman–Crippen LogP) is 2.73. The van der Waals surface area contributed by atoms with Crippen LogP contribution in [0, 0.1) is 6.92 Å². The Morgan fingerprint density at radius 2 is 2.10 bits per heavy atom. The number of nitrogens with zero attached hydrogens (tertiary/aromatic N) is 2. The molecule has 0 bridgehead atoms. The molecule has 1 aliphatic heterocycles. The molecule has 1 unspecified atom stereocenters. The highest BCUT2D eigenvalue weighted by Gasteiger charge is 2.33. The maximum atomic E-state index is 12.6. The fourth-order valence-corrected chi connectivity index (χ4v) is 1.91. The molecule has 8 heteroatoms. The summed E-state index contributed by atoms with van der Waals surface area (Å²) in [6, 6.07) is 0.578. The van der Waals surface area contributed by atoms with E-state index in [0.29, 0.717) is 6.61 Å². The molecule has 1 fully saturated rings. The highest BCUT2D eigenvalue weighted by Crippen LogP contribution is 2.28. The van der Waals surface area contributed by atoms with Gasteiger partial charge in [-0.25, -0.2) is 4.98 Å². The van der Waals surface area contributed by atoms with Crippen molar-refractivity contribution in [3.8, 4) is 6.01 Å². The highest BCUT2D eigenvalue weighted by atomic mass is 19.4. The molecule has 0 radical (unpaired) electrons. The van der Waals surface area contributed by atoms with Crippen molar-refractivity contribution in [3.63, 3.8) is 0 Å². The van der Waals surface area contributed by atoms with Crippen LogP contribution in [0.2, 0.25) is 0 Å². The molecule has 0 spiro atoms. The van der Waals surface area contributed by atoms with Gasteiger partial charge in [0.25, 0.3) is 0 Å². The Bertz CT molecular complexity index is 462. The van der Waals surface area contributed by atoms with Gasteiger partial charge in [-0.2, -0.15) is 18.2 Å². The van der Waals surface area contributed by atoms with E-state index in [4.69, 9.17) is 14.2 Å². The van der Waals surface area contributed by atoms with Crippen LogP contribution in [0.1, 0.15) is 30.7 Å². The summed E-state index contributed by atoms with van der Waals surface area (Å²) in [5, 5.41) is 0. The molecule has 0 aromatic carbocycles. The minimum atomic E-state index is -4.52. The summed E-state index contributed by atoms with van der Waals surface area (Å²) < 4.78 is 53.6. The number of ether oxygens (including phenoxy) is 3. The largest absolute Gasteiger partial charge is 0.461 e. The first kappa shape index (κ1) is 16.0. The quantitative estimate of drug-likeness (QED) is 0.783. The second-order valence-electron chi connectivity index (χ2n) is 4.69. The summed E-state index contributed by atoms with van der Waals surface area (Å²) >= 11 is 0. The van der Waals surface area contributed by atoms with Gasteiger partial charge in [-0.05, 0) is 32.3 Å². The van der Waals surface area contributed by atoms with Crippen LogP contribution in [-0.2, 0) is 15.7 Å². The zero-order valence-corrected chi connectivity index (χ0v) is 11.7. The van der Waals surface area contributed by atoms with Crippen molar-refractivity contribution in [3.05, 3.63) is 17.5 Å². The zero-order valence-electron chi connectivity index (χ0n) is 11.7. The number of halogens is 3. The fraction of sp³-hybridized carbons (Fsp3) is 0.692. The van der Waals surface area contributed by atoms with Crippen LogP contribution in [0.3, 0.4) is 0 Å². The Kier molecular flexibility index (Phi) is 5.35. The number of aromatic nitrogens is 2. The lowest BCUT2D eigenvalue weighted by Gasteiger charge is -2.22. The van der Waals surface area contributed by atoms with Crippen LogP contribution in [0.5, 0.6) is 6.01 Å². The van der Waals surface area contributed by atoms with E-state index in [1.165, 1.54) is 6.92 Å². The van der Waals surface area contributed by atoms with Crippen molar-refractivity contribution in [2.75, 3.05) is 19.8 Å². The minimum Gasteiger partial charge on any atom is -0.461 e. The second kappa shape index (κ2) is 7.04. The number of hydrogen-bond donors (Lipinski definition) is 0. The van der Waals surface area contributed by atoms with Crippen LogP contribution < -0.4 is 4.74 Å². The van der Waals surface area contributed by atoms with Gasteiger partial charge in [0.05, 0.1) is 6.61 Å². The van der Waals surface area contributed by atoms with Gasteiger partial charge in [-0.3, -0.25) is 0 Å². The molecule has 118 valence electrons. The third kappa shape index (κ3) is 5.13. The summed E-state index contributed by atoms with van der Waals surface area (Å²) in [5.74, 6) is 0. The van der Waals surface area contributed by atoms with Gasteiger partial charge in [-0.1, -0.05) is 0 Å². The van der Waals surface area contributed by atoms with Crippen LogP contribution in [0.4, 0.5) is 13.2 Å². The van der Waals surface area contributed by atoms with Gasteiger partial charge in [-0.15, -0.1) is 0 Å². The van der Waals surface area contributed by atoms with Gasteiger partial charge in [0, 0.05) is 12.3 Å². The standard InChI is InChI=1S/C13H17F3N2O3/c1-9-8-10(13(14,15)16)18-12(17-9)21-7-6-20-11-4-2-3-5-19-11/h8,11H,2-7H2,1H3. The van der Waals surface area contributed by atoms with Crippen molar-refractivity contribution < 1.29 is 27.4 Å². The van der Waals surface area contributed by atoms with Gasteiger partial charge in [0.15, 0.2) is 12.0 Å². The Labute approximate surface area is 120 Å². The van der Waals surface area contributed by atoms with E-state index in [1.807, 2.05) is 0 Å². The molecule has 1 saturated heterocycles. The van der Waals surface area contributed by atoms with Crippen molar-refractivity contribution in [2.24, 2.45) is 0 Å². The summed E-state index contributed by atoms with van der Waals surface area (Å²) in [6.07, 6.45) is -1.89. The maximum absolute atomic E-state index is 12.6. The van der Waals surface area contributed by atoms with Gasteiger partial charge < -0.3 is 14.2 Å².